The van der Waals surface area contributed by atoms with Crippen molar-refractivity contribution in [3.8, 4) is 22.3 Å². The van der Waals surface area contributed by atoms with Crippen molar-refractivity contribution in [1.82, 2.24) is 0 Å². The lowest BCUT2D eigenvalue weighted by atomic mass is 9.62. The quantitative estimate of drug-likeness (QED) is 0.170. The first-order valence-corrected chi connectivity index (χ1v) is 27.7. The van der Waals surface area contributed by atoms with E-state index in [2.05, 4.69) is 289 Å². The first kappa shape index (κ1) is 48.2. The van der Waals surface area contributed by atoms with Crippen molar-refractivity contribution >= 4 is 34.1 Å². The molecule has 9 aromatic carbocycles. The second-order valence-electron chi connectivity index (χ2n) is 26.8. The van der Waals surface area contributed by atoms with Crippen LogP contribution in [-0.4, -0.2) is 0 Å². The zero-order chi connectivity index (χ0) is 53.2. The Kier molecular flexibility index (Phi) is 10.2. The Morgan fingerprint density at radius 1 is 0.263 bits per heavy atom. The molecule has 9 aromatic rings. The Morgan fingerprint density at radius 2 is 0.618 bits per heavy atom. The maximum Gasteiger partial charge on any atom is 0.0754 e. The molecular formula is C74H72N2. The van der Waals surface area contributed by atoms with Crippen molar-refractivity contribution in [3.05, 3.63) is 260 Å². The standard InChI is InChI=1S/C74H72N2/c1-45-24-38-67-64(39-45)74(58-20-16-17-21-65(58)75(67)51-31-25-47(26-32-51)69(3,4)5)61-42-50(72(12,13)14)30-36-54(61)56-43-62-55(44-63(56)74)53-35-29-49(71(9,10)11)41-60(53)73(62)57-19-15-18-22-66(57)76(68-40-46(2)23-37-59(68)73)52-33-27-48(28-34-52)70(6,7)8/h15-44H,1-14H3. The number of benzene rings is 9. The number of nitrogens with zero attached hydrogens (tertiary/aromatic N) is 2. The minimum absolute atomic E-state index is 0.0447. The van der Waals surface area contributed by atoms with Gasteiger partial charge in [0.1, 0.15) is 0 Å². The third kappa shape index (κ3) is 6.71. The average molecular weight is 989 g/mol. The molecule has 2 heterocycles. The minimum atomic E-state index is -0.627. The monoisotopic (exact) mass is 989 g/mol. The van der Waals surface area contributed by atoms with Gasteiger partial charge in [-0.25, -0.2) is 0 Å². The van der Waals surface area contributed by atoms with E-state index >= 15 is 0 Å². The lowest BCUT2D eigenvalue weighted by Gasteiger charge is -2.46. The summed E-state index contributed by atoms with van der Waals surface area (Å²) in [5.74, 6) is 0. The molecule has 76 heavy (non-hydrogen) atoms. The number of anilines is 6. The summed E-state index contributed by atoms with van der Waals surface area (Å²) in [6.45, 7) is 32.5. The Morgan fingerprint density at radius 3 is 1.08 bits per heavy atom. The van der Waals surface area contributed by atoms with E-state index in [9.17, 15) is 0 Å². The number of para-hydroxylation sites is 2. The van der Waals surface area contributed by atoms with Crippen molar-refractivity contribution in [2.75, 3.05) is 9.80 Å². The van der Waals surface area contributed by atoms with Crippen LogP contribution in [0, 0.1) is 13.8 Å². The minimum Gasteiger partial charge on any atom is -0.310 e. The first-order chi connectivity index (χ1) is 36.0. The van der Waals surface area contributed by atoms with Crippen LogP contribution in [0.4, 0.5) is 34.1 Å². The van der Waals surface area contributed by atoms with Crippen LogP contribution >= 0.6 is 0 Å². The van der Waals surface area contributed by atoms with Crippen LogP contribution in [0.25, 0.3) is 22.3 Å². The van der Waals surface area contributed by atoms with Crippen LogP contribution in [-0.2, 0) is 32.5 Å². The maximum atomic E-state index is 2.68. The molecule has 0 fully saturated rings. The molecule has 2 nitrogen and oxygen atoms in total. The predicted molar refractivity (Wildman–Crippen MR) is 322 cm³/mol. The van der Waals surface area contributed by atoms with Gasteiger partial charge in [0.15, 0.2) is 0 Å². The second-order valence-corrected chi connectivity index (χ2v) is 26.8. The SMILES string of the molecule is Cc1ccc2c(c1)N(c1ccc(C(C)(C)C)cc1)c1ccccc1C21c2cc(C(C)(C)C)ccc2-c2cc3c(cc21)-c1ccc(C(C)(C)C)cc1C31c2ccccc2N(c2ccc(C(C)(C)C)cc2)c2ccc(C)cc21. The van der Waals surface area contributed by atoms with Gasteiger partial charge in [0.2, 0.25) is 0 Å². The van der Waals surface area contributed by atoms with Gasteiger partial charge in [-0.1, -0.05) is 210 Å². The number of hydrogen-bond donors (Lipinski definition) is 0. The molecule has 378 valence electrons. The van der Waals surface area contributed by atoms with Crippen molar-refractivity contribution < 1.29 is 0 Å². The van der Waals surface area contributed by atoms with Gasteiger partial charge in [0.05, 0.1) is 33.6 Å². The third-order valence-electron chi connectivity index (χ3n) is 17.8. The van der Waals surface area contributed by atoms with Gasteiger partial charge < -0.3 is 9.80 Å². The Bertz CT molecular complexity index is 3880. The zero-order valence-electron chi connectivity index (χ0n) is 47.2. The molecule has 2 aliphatic heterocycles. The summed E-state index contributed by atoms with van der Waals surface area (Å²) in [4.78, 5) is 5.09. The van der Waals surface area contributed by atoms with Crippen molar-refractivity contribution in [2.45, 2.75) is 129 Å². The molecule has 2 aliphatic carbocycles. The van der Waals surface area contributed by atoms with Gasteiger partial charge in [-0.2, -0.15) is 0 Å². The summed E-state index contributed by atoms with van der Waals surface area (Å²) in [7, 11) is 0. The van der Waals surface area contributed by atoms with E-state index in [0.717, 1.165) is 0 Å². The van der Waals surface area contributed by atoms with E-state index in [1.54, 1.807) is 0 Å². The summed E-state index contributed by atoms with van der Waals surface area (Å²) >= 11 is 0. The number of aryl methyl sites for hydroxylation is 2. The Balaban J connectivity index is 1.15. The van der Waals surface area contributed by atoms with E-state index in [-0.39, 0.29) is 21.7 Å². The molecule has 0 bridgehead atoms. The lowest BCUT2D eigenvalue weighted by Crippen LogP contribution is -2.37. The van der Waals surface area contributed by atoms with Gasteiger partial charge in [0.25, 0.3) is 0 Å². The fraction of sp³-hybridized carbons (Fsp3) is 0.270. The fourth-order valence-corrected chi connectivity index (χ4v) is 13.8. The molecule has 4 aliphatic rings. The van der Waals surface area contributed by atoms with Gasteiger partial charge in [-0.3, -0.25) is 0 Å². The summed E-state index contributed by atoms with van der Waals surface area (Å²) in [5.41, 5.74) is 29.7. The van der Waals surface area contributed by atoms with Crippen LogP contribution in [0.3, 0.4) is 0 Å². The molecule has 2 atom stereocenters. The van der Waals surface area contributed by atoms with E-state index < -0.39 is 10.8 Å². The largest absolute Gasteiger partial charge is 0.310 e. The summed E-state index contributed by atoms with van der Waals surface area (Å²) < 4.78 is 0. The van der Waals surface area contributed by atoms with Crippen LogP contribution in [0.2, 0.25) is 0 Å². The normalized spacial score (nSPS) is 17.9. The Hall–Kier alpha value is -7.42. The van der Waals surface area contributed by atoms with Gasteiger partial charge >= 0.3 is 0 Å². The smallest absolute Gasteiger partial charge is 0.0754 e. The maximum absolute atomic E-state index is 2.68. The van der Waals surface area contributed by atoms with Gasteiger partial charge in [-0.05, 0) is 191 Å². The molecular weight excluding hydrogens is 917 g/mol. The highest BCUT2D eigenvalue weighted by Gasteiger charge is 2.57. The molecule has 2 unspecified atom stereocenters. The summed E-state index contributed by atoms with van der Waals surface area (Å²) in [6.07, 6.45) is 0. The molecule has 13 rings (SSSR count). The summed E-state index contributed by atoms with van der Waals surface area (Å²) in [6, 6.07) is 72.2. The first-order valence-electron chi connectivity index (χ1n) is 27.7. The van der Waals surface area contributed by atoms with Crippen LogP contribution < -0.4 is 9.80 Å². The molecule has 0 saturated carbocycles. The topological polar surface area (TPSA) is 6.48 Å². The highest BCUT2D eigenvalue weighted by Crippen LogP contribution is 2.69. The van der Waals surface area contributed by atoms with Crippen molar-refractivity contribution in [2.24, 2.45) is 0 Å². The zero-order valence-corrected chi connectivity index (χ0v) is 47.2. The lowest BCUT2D eigenvalue weighted by molar-refractivity contribution is 0.587. The molecule has 2 spiro atoms. The van der Waals surface area contributed by atoms with Gasteiger partial charge in [-0.15, -0.1) is 0 Å². The van der Waals surface area contributed by atoms with Crippen LogP contribution in [0.5, 0.6) is 0 Å². The van der Waals surface area contributed by atoms with Gasteiger partial charge in [0, 0.05) is 11.4 Å². The third-order valence-corrected chi connectivity index (χ3v) is 17.8. The van der Waals surface area contributed by atoms with Crippen molar-refractivity contribution in [3.63, 3.8) is 0 Å². The highest BCUT2D eigenvalue weighted by molar-refractivity contribution is 6.02. The molecule has 0 N–H and O–H groups in total. The number of fused-ring (bicyclic) bond motifs is 18. The molecule has 0 aromatic heterocycles. The summed E-state index contributed by atoms with van der Waals surface area (Å²) in [5, 5.41) is 0. The predicted octanol–water partition coefficient (Wildman–Crippen LogP) is 19.8. The molecule has 0 amide bonds. The Labute approximate surface area is 453 Å². The fourth-order valence-electron chi connectivity index (χ4n) is 13.8. The van der Waals surface area contributed by atoms with Crippen LogP contribution in [0.15, 0.2) is 182 Å². The number of rotatable bonds is 2. The van der Waals surface area contributed by atoms with E-state index in [1.807, 2.05) is 0 Å². The van der Waals surface area contributed by atoms with E-state index in [1.165, 1.54) is 134 Å². The molecule has 0 saturated heterocycles. The van der Waals surface area contributed by atoms with E-state index in [4.69, 9.17) is 0 Å². The number of hydrogen-bond acceptors (Lipinski definition) is 2. The highest BCUT2D eigenvalue weighted by atomic mass is 15.2. The van der Waals surface area contributed by atoms with Crippen molar-refractivity contribution in [1.29, 1.82) is 0 Å². The second kappa shape index (κ2) is 16.1. The molecule has 0 radical (unpaired) electrons. The average Bonchev–Trinajstić information content (AvgIpc) is 3.92. The molecule has 2 heteroatoms. The van der Waals surface area contributed by atoms with E-state index in [0.29, 0.717) is 0 Å². The van der Waals surface area contributed by atoms with Crippen LogP contribution in [0.1, 0.15) is 161 Å².